The summed E-state index contributed by atoms with van der Waals surface area (Å²) >= 11 is 0. The molecule has 0 spiro atoms. The number of aryl methyl sites for hydroxylation is 1. The zero-order chi connectivity index (χ0) is 12.7. The van der Waals surface area contributed by atoms with Gasteiger partial charge in [-0.15, -0.1) is 0 Å². The van der Waals surface area contributed by atoms with E-state index in [2.05, 4.69) is 15.3 Å². The van der Waals surface area contributed by atoms with E-state index in [1.807, 2.05) is 13.8 Å². The molecule has 0 radical (unpaired) electrons. The number of rotatable bonds is 7. The molecule has 1 heterocycles. The van der Waals surface area contributed by atoms with Crippen LogP contribution in [0.2, 0.25) is 0 Å². The monoisotopic (exact) mass is 237 g/mol. The van der Waals surface area contributed by atoms with Crippen molar-refractivity contribution in [2.45, 2.75) is 45.7 Å². The first-order valence-corrected chi connectivity index (χ1v) is 5.93. The molecule has 1 aromatic heterocycles. The zero-order valence-electron chi connectivity index (χ0n) is 10.3. The third kappa shape index (κ3) is 4.48. The molecule has 0 aliphatic heterocycles. The maximum Gasteiger partial charge on any atom is 0.320 e. The largest absolute Gasteiger partial charge is 0.480 e. The summed E-state index contributed by atoms with van der Waals surface area (Å²) in [5.41, 5.74) is 0.907. The van der Waals surface area contributed by atoms with Gasteiger partial charge in [0.15, 0.2) is 0 Å². The molecular weight excluding hydrogens is 218 g/mol. The molecule has 0 aromatic carbocycles. The highest BCUT2D eigenvalue weighted by Gasteiger charge is 2.15. The molecule has 0 amide bonds. The number of aromatic nitrogens is 2. The first-order valence-electron chi connectivity index (χ1n) is 5.93. The molecule has 5 heteroatoms. The number of carboxylic acids is 1. The summed E-state index contributed by atoms with van der Waals surface area (Å²) in [5, 5.41) is 12.0. The van der Waals surface area contributed by atoms with Crippen LogP contribution in [0, 0.1) is 0 Å². The second-order valence-corrected chi connectivity index (χ2v) is 3.92. The van der Waals surface area contributed by atoms with Crippen LogP contribution in [0.25, 0.3) is 0 Å². The Labute approximate surface area is 101 Å². The number of nitrogens with zero attached hydrogens (tertiary/aromatic N) is 2. The van der Waals surface area contributed by atoms with Gasteiger partial charge in [0, 0.05) is 30.9 Å². The molecule has 1 rings (SSSR count). The molecule has 0 aliphatic carbocycles. The summed E-state index contributed by atoms with van der Waals surface area (Å²) < 4.78 is 0. The van der Waals surface area contributed by atoms with Gasteiger partial charge in [0.1, 0.15) is 11.9 Å². The number of hydrogen-bond acceptors (Lipinski definition) is 4. The minimum Gasteiger partial charge on any atom is -0.480 e. The molecule has 94 valence electrons. The van der Waals surface area contributed by atoms with E-state index in [1.165, 1.54) is 0 Å². The molecule has 1 aromatic rings. The minimum absolute atomic E-state index is 0.487. The van der Waals surface area contributed by atoms with Crippen LogP contribution >= 0.6 is 0 Å². The van der Waals surface area contributed by atoms with Gasteiger partial charge in [-0.3, -0.25) is 4.79 Å². The molecular formula is C12H19N3O2. The van der Waals surface area contributed by atoms with Crippen molar-refractivity contribution in [3.8, 4) is 0 Å². The Balaban J connectivity index is 2.50. The van der Waals surface area contributed by atoms with Crippen molar-refractivity contribution in [3.05, 3.63) is 23.8 Å². The number of nitrogens with one attached hydrogen (secondary N) is 1. The SMILES string of the molecule is CCC[C@H](NCc1cnc(CC)nc1)C(=O)O. The Hall–Kier alpha value is -1.49. The molecule has 0 bridgehead atoms. The van der Waals surface area contributed by atoms with Gasteiger partial charge in [-0.1, -0.05) is 20.3 Å². The van der Waals surface area contributed by atoms with Crippen LogP contribution in [0.1, 0.15) is 38.1 Å². The Bertz CT molecular complexity index is 351. The van der Waals surface area contributed by atoms with Gasteiger partial charge in [0.2, 0.25) is 0 Å². The standard InChI is InChI=1S/C12H19N3O2/c1-3-5-10(12(16)17)13-6-9-7-14-11(4-2)15-8-9/h7-8,10,13H,3-6H2,1-2H3,(H,16,17)/t10-/m0/s1. The van der Waals surface area contributed by atoms with Gasteiger partial charge in [-0.05, 0) is 6.42 Å². The topological polar surface area (TPSA) is 75.1 Å². The van der Waals surface area contributed by atoms with E-state index >= 15 is 0 Å². The van der Waals surface area contributed by atoms with Crippen molar-refractivity contribution in [3.63, 3.8) is 0 Å². The average Bonchev–Trinajstić information content (AvgIpc) is 2.34. The Morgan fingerprint density at radius 1 is 1.41 bits per heavy atom. The lowest BCUT2D eigenvalue weighted by atomic mass is 10.1. The van der Waals surface area contributed by atoms with Crippen molar-refractivity contribution in [1.82, 2.24) is 15.3 Å². The van der Waals surface area contributed by atoms with Crippen LogP contribution in [-0.4, -0.2) is 27.1 Å². The van der Waals surface area contributed by atoms with E-state index in [0.29, 0.717) is 13.0 Å². The number of aliphatic carboxylic acids is 1. The molecule has 2 N–H and O–H groups in total. The number of carboxylic acid groups (broad SMARTS) is 1. The molecule has 0 unspecified atom stereocenters. The predicted octanol–water partition coefficient (Wildman–Crippen LogP) is 1.38. The third-order valence-corrected chi connectivity index (χ3v) is 2.50. The summed E-state index contributed by atoms with van der Waals surface area (Å²) in [5.74, 6) is -0.00459. The first kappa shape index (κ1) is 13.6. The van der Waals surface area contributed by atoms with E-state index in [4.69, 9.17) is 5.11 Å². The van der Waals surface area contributed by atoms with Crippen LogP contribution in [0.15, 0.2) is 12.4 Å². The quantitative estimate of drug-likeness (QED) is 0.749. The lowest BCUT2D eigenvalue weighted by Crippen LogP contribution is -2.36. The Morgan fingerprint density at radius 2 is 2.06 bits per heavy atom. The van der Waals surface area contributed by atoms with Gasteiger partial charge in [-0.25, -0.2) is 9.97 Å². The van der Waals surface area contributed by atoms with Crippen LogP contribution in [0.5, 0.6) is 0 Å². The molecule has 0 saturated heterocycles. The Kier molecular flexibility index (Phi) is 5.56. The van der Waals surface area contributed by atoms with Gasteiger partial charge in [0.05, 0.1) is 0 Å². The summed E-state index contributed by atoms with van der Waals surface area (Å²) in [6, 6.07) is -0.495. The van der Waals surface area contributed by atoms with Crippen molar-refractivity contribution < 1.29 is 9.90 Å². The van der Waals surface area contributed by atoms with Crippen LogP contribution in [0.3, 0.4) is 0 Å². The lowest BCUT2D eigenvalue weighted by Gasteiger charge is -2.13. The summed E-state index contributed by atoms with van der Waals surface area (Å²) in [4.78, 5) is 19.3. The first-order chi connectivity index (χ1) is 8.17. The summed E-state index contributed by atoms with van der Waals surface area (Å²) in [7, 11) is 0. The Morgan fingerprint density at radius 3 is 2.53 bits per heavy atom. The molecule has 0 fully saturated rings. The van der Waals surface area contributed by atoms with Crippen LogP contribution in [-0.2, 0) is 17.8 Å². The predicted molar refractivity (Wildman–Crippen MR) is 64.6 cm³/mol. The van der Waals surface area contributed by atoms with E-state index in [9.17, 15) is 4.79 Å². The molecule has 0 saturated carbocycles. The van der Waals surface area contributed by atoms with E-state index in [0.717, 1.165) is 24.2 Å². The maximum atomic E-state index is 10.9. The zero-order valence-corrected chi connectivity index (χ0v) is 10.3. The summed E-state index contributed by atoms with van der Waals surface area (Å²) in [6.45, 7) is 4.45. The van der Waals surface area contributed by atoms with E-state index in [-0.39, 0.29) is 0 Å². The van der Waals surface area contributed by atoms with Crippen molar-refractivity contribution in [2.24, 2.45) is 0 Å². The van der Waals surface area contributed by atoms with Gasteiger partial charge in [0.25, 0.3) is 0 Å². The van der Waals surface area contributed by atoms with Crippen molar-refractivity contribution in [1.29, 1.82) is 0 Å². The van der Waals surface area contributed by atoms with E-state index < -0.39 is 12.0 Å². The summed E-state index contributed by atoms with van der Waals surface area (Å²) in [6.07, 6.45) is 5.76. The molecule has 17 heavy (non-hydrogen) atoms. The van der Waals surface area contributed by atoms with Crippen molar-refractivity contribution >= 4 is 5.97 Å². The van der Waals surface area contributed by atoms with Crippen molar-refractivity contribution in [2.75, 3.05) is 0 Å². The number of carbonyl (C=O) groups is 1. The van der Waals surface area contributed by atoms with Crippen LogP contribution < -0.4 is 5.32 Å². The smallest absolute Gasteiger partial charge is 0.320 e. The second kappa shape index (κ2) is 6.96. The maximum absolute atomic E-state index is 10.9. The van der Waals surface area contributed by atoms with Crippen LogP contribution in [0.4, 0.5) is 0 Å². The second-order valence-electron chi connectivity index (χ2n) is 3.92. The van der Waals surface area contributed by atoms with Gasteiger partial charge >= 0.3 is 5.97 Å². The molecule has 1 atom stereocenters. The molecule has 5 nitrogen and oxygen atoms in total. The highest BCUT2D eigenvalue weighted by Crippen LogP contribution is 2.01. The fraction of sp³-hybridized carbons (Fsp3) is 0.583. The average molecular weight is 237 g/mol. The fourth-order valence-corrected chi connectivity index (χ4v) is 1.50. The highest BCUT2D eigenvalue weighted by molar-refractivity contribution is 5.73. The fourth-order valence-electron chi connectivity index (χ4n) is 1.50. The highest BCUT2D eigenvalue weighted by atomic mass is 16.4. The van der Waals surface area contributed by atoms with E-state index in [1.54, 1.807) is 12.4 Å². The minimum atomic E-state index is -0.807. The molecule has 0 aliphatic rings. The van der Waals surface area contributed by atoms with Gasteiger partial charge in [-0.2, -0.15) is 0 Å². The van der Waals surface area contributed by atoms with Gasteiger partial charge < -0.3 is 10.4 Å². The number of hydrogen-bond donors (Lipinski definition) is 2. The third-order valence-electron chi connectivity index (χ3n) is 2.50. The lowest BCUT2D eigenvalue weighted by molar-refractivity contribution is -0.139. The normalized spacial score (nSPS) is 12.4.